The summed E-state index contributed by atoms with van der Waals surface area (Å²) in [6, 6.07) is 0. The van der Waals surface area contributed by atoms with Gasteiger partial charge in [-0.15, -0.1) is 0 Å². The lowest BCUT2D eigenvalue weighted by molar-refractivity contribution is -0.0778. The van der Waals surface area contributed by atoms with Gasteiger partial charge in [-0.05, 0) is 59.2 Å². The van der Waals surface area contributed by atoms with E-state index in [9.17, 15) is 0 Å². The minimum absolute atomic E-state index is 0.0518. The SMILES string of the molecule is CCOCCOCCOC1CC(C)(C)N(Cl)C(C)(C)C1. The van der Waals surface area contributed by atoms with E-state index in [-0.39, 0.29) is 17.2 Å². The molecular formula is C15H30ClNO3. The normalized spacial score (nSPS) is 23.1. The summed E-state index contributed by atoms with van der Waals surface area (Å²) in [5.74, 6) is 0. The molecule has 0 saturated carbocycles. The van der Waals surface area contributed by atoms with Crippen LogP contribution in [0.5, 0.6) is 0 Å². The fourth-order valence-corrected chi connectivity index (χ4v) is 3.06. The van der Waals surface area contributed by atoms with Crippen molar-refractivity contribution < 1.29 is 14.2 Å². The second-order valence-corrected chi connectivity index (χ2v) is 6.95. The molecule has 0 aromatic carbocycles. The van der Waals surface area contributed by atoms with E-state index in [1.807, 2.05) is 11.3 Å². The zero-order chi connectivity index (χ0) is 15.2. The maximum absolute atomic E-state index is 6.44. The smallest absolute Gasteiger partial charge is 0.0704 e. The van der Waals surface area contributed by atoms with E-state index in [1.165, 1.54) is 0 Å². The van der Waals surface area contributed by atoms with Gasteiger partial charge in [0.15, 0.2) is 0 Å². The highest BCUT2D eigenvalue weighted by atomic mass is 35.5. The largest absolute Gasteiger partial charge is 0.379 e. The lowest BCUT2D eigenvalue weighted by Gasteiger charge is -2.51. The van der Waals surface area contributed by atoms with E-state index in [4.69, 9.17) is 26.0 Å². The molecule has 0 unspecified atom stereocenters. The lowest BCUT2D eigenvalue weighted by Crippen LogP contribution is -2.57. The van der Waals surface area contributed by atoms with Crippen LogP contribution >= 0.6 is 11.8 Å². The summed E-state index contributed by atoms with van der Waals surface area (Å²) in [5, 5.41) is 0. The van der Waals surface area contributed by atoms with Gasteiger partial charge >= 0.3 is 0 Å². The highest BCUT2D eigenvalue weighted by molar-refractivity contribution is 6.14. The van der Waals surface area contributed by atoms with Crippen LogP contribution in [0.3, 0.4) is 0 Å². The second-order valence-electron chi connectivity index (χ2n) is 6.62. The van der Waals surface area contributed by atoms with E-state index in [2.05, 4.69) is 27.7 Å². The molecule has 0 aromatic heterocycles. The number of piperidine rings is 1. The number of ether oxygens (including phenoxy) is 3. The molecule has 0 amide bonds. The van der Waals surface area contributed by atoms with Crippen LogP contribution in [0.1, 0.15) is 47.5 Å². The molecule has 0 spiro atoms. The van der Waals surface area contributed by atoms with E-state index >= 15 is 0 Å². The Morgan fingerprint density at radius 2 is 1.45 bits per heavy atom. The van der Waals surface area contributed by atoms with Gasteiger partial charge in [0.05, 0.1) is 32.5 Å². The molecule has 1 fully saturated rings. The minimum Gasteiger partial charge on any atom is -0.379 e. The van der Waals surface area contributed by atoms with Crippen molar-refractivity contribution in [2.24, 2.45) is 0 Å². The van der Waals surface area contributed by atoms with Crippen molar-refractivity contribution in [2.45, 2.75) is 64.6 Å². The molecule has 0 atom stereocenters. The highest BCUT2D eigenvalue weighted by Crippen LogP contribution is 2.40. The van der Waals surface area contributed by atoms with Gasteiger partial charge in [0, 0.05) is 17.7 Å². The lowest BCUT2D eigenvalue weighted by atomic mass is 9.81. The molecule has 20 heavy (non-hydrogen) atoms. The van der Waals surface area contributed by atoms with Crippen molar-refractivity contribution >= 4 is 11.8 Å². The Kier molecular flexibility index (Phi) is 7.22. The molecule has 1 aliphatic heterocycles. The van der Waals surface area contributed by atoms with Crippen LogP contribution in [0, 0.1) is 0 Å². The molecule has 0 radical (unpaired) electrons. The number of halogens is 1. The summed E-state index contributed by atoms with van der Waals surface area (Å²) in [5.41, 5.74) is -0.104. The molecule has 0 bridgehead atoms. The van der Waals surface area contributed by atoms with Crippen LogP contribution in [-0.4, -0.2) is 54.6 Å². The van der Waals surface area contributed by atoms with Gasteiger partial charge in [0.1, 0.15) is 0 Å². The first-order chi connectivity index (χ1) is 9.29. The van der Waals surface area contributed by atoms with Gasteiger partial charge in [0.2, 0.25) is 0 Å². The van der Waals surface area contributed by atoms with E-state index in [0.29, 0.717) is 26.4 Å². The Bertz CT molecular complexity index is 266. The topological polar surface area (TPSA) is 30.9 Å². The standard InChI is InChI=1S/C15H30ClNO3/c1-6-18-7-8-19-9-10-20-13-11-14(2,3)17(16)15(4,5)12-13/h13H,6-12H2,1-5H3. The predicted molar refractivity (Wildman–Crippen MR) is 82.1 cm³/mol. The minimum atomic E-state index is -0.0518. The van der Waals surface area contributed by atoms with E-state index < -0.39 is 0 Å². The van der Waals surface area contributed by atoms with Gasteiger partial charge in [-0.1, -0.05) is 0 Å². The Morgan fingerprint density at radius 3 is 2.00 bits per heavy atom. The van der Waals surface area contributed by atoms with Crippen LogP contribution in [0.2, 0.25) is 0 Å². The molecule has 4 nitrogen and oxygen atoms in total. The summed E-state index contributed by atoms with van der Waals surface area (Å²) in [6.07, 6.45) is 2.13. The summed E-state index contributed by atoms with van der Waals surface area (Å²) in [4.78, 5) is 0. The van der Waals surface area contributed by atoms with Crippen LogP contribution in [0.15, 0.2) is 0 Å². The van der Waals surface area contributed by atoms with Crippen molar-refractivity contribution in [3.63, 3.8) is 0 Å². The second kappa shape index (κ2) is 7.95. The molecule has 1 aliphatic rings. The maximum Gasteiger partial charge on any atom is 0.0704 e. The van der Waals surface area contributed by atoms with Gasteiger partial charge in [-0.2, -0.15) is 0 Å². The van der Waals surface area contributed by atoms with Crippen LogP contribution in [0.25, 0.3) is 0 Å². The van der Waals surface area contributed by atoms with Crippen molar-refractivity contribution in [1.82, 2.24) is 4.42 Å². The first kappa shape index (κ1) is 18.2. The van der Waals surface area contributed by atoms with E-state index in [1.54, 1.807) is 0 Å². The Hall–Kier alpha value is 0.130. The van der Waals surface area contributed by atoms with Crippen molar-refractivity contribution in [3.05, 3.63) is 0 Å². The molecule has 1 rings (SSSR count). The summed E-state index contributed by atoms with van der Waals surface area (Å²) in [7, 11) is 0. The van der Waals surface area contributed by atoms with Gasteiger partial charge in [-0.25, -0.2) is 4.42 Å². The van der Waals surface area contributed by atoms with Crippen molar-refractivity contribution in [1.29, 1.82) is 0 Å². The molecule has 0 aromatic rings. The molecule has 5 heteroatoms. The maximum atomic E-state index is 6.44. The molecule has 1 heterocycles. The average molecular weight is 308 g/mol. The third-order valence-corrected chi connectivity index (χ3v) is 4.59. The first-order valence-corrected chi connectivity index (χ1v) is 7.86. The molecule has 0 N–H and O–H groups in total. The van der Waals surface area contributed by atoms with Gasteiger partial charge in [-0.3, -0.25) is 0 Å². The third-order valence-electron chi connectivity index (χ3n) is 3.67. The third kappa shape index (κ3) is 5.49. The van der Waals surface area contributed by atoms with Crippen LogP contribution in [-0.2, 0) is 14.2 Å². The molecule has 120 valence electrons. The number of rotatable bonds is 8. The first-order valence-electron chi connectivity index (χ1n) is 7.53. The van der Waals surface area contributed by atoms with Crippen LogP contribution in [0.4, 0.5) is 0 Å². The number of hydrogen-bond acceptors (Lipinski definition) is 4. The number of nitrogens with zero attached hydrogens (tertiary/aromatic N) is 1. The summed E-state index contributed by atoms with van der Waals surface area (Å²) >= 11 is 6.44. The Morgan fingerprint density at radius 1 is 0.950 bits per heavy atom. The van der Waals surface area contributed by atoms with Gasteiger partial charge < -0.3 is 14.2 Å². The highest BCUT2D eigenvalue weighted by Gasteiger charge is 2.45. The van der Waals surface area contributed by atoms with Crippen molar-refractivity contribution in [3.8, 4) is 0 Å². The zero-order valence-corrected chi connectivity index (χ0v) is 14.3. The Balaban J connectivity index is 2.24. The van der Waals surface area contributed by atoms with E-state index in [0.717, 1.165) is 19.4 Å². The van der Waals surface area contributed by atoms with Crippen LogP contribution < -0.4 is 0 Å². The fraction of sp³-hybridized carbons (Fsp3) is 1.00. The predicted octanol–water partition coefficient (Wildman–Crippen LogP) is 3.23. The Labute approximate surface area is 128 Å². The number of hydrogen-bond donors (Lipinski definition) is 0. The zero-order valence-electron chi connectivity index (χ0n) is 13.6. The summed E-state index contributed by atoms with van der Waals surface area (Å²) in [6.45, 7) is 13.9. The quantitative estimate of drug-likeness (QED) is 0.509. The molecular weight excluding hydrogens is 278 g/mol. The molecule has 1 saturated heterocycles. The summed E-state index contributed by atoms with van der Waals surface area (Å²) < 4.78 is 18.6. The average Bonchev–Trinajstić information content (AvgIpc) is 2.34. The molecule has 0 aliphatic carbocycles. The van der Waals surface area contributed by atoms with Crippen molar-refractivity contribution in [2.75, 3.05) is 33.0 Å². The monoisotopic (exact) mass is 307 g/mol. The fourth-order valence-electron chi connectivity index (χ4n) is 2.92. The van der Waals surface area contributed by atoms with Gasteiger partial charge in [0.25, 0.3) is 0 Å².